The number of allylic oxidation sites excluding steroid dienone is 1. The first-order chi connectivity index (χ1) is 14.8. The zero-order valence-corrected chi connectivity index (χ0v) is 19.1. The Morgan fingerprint density at radius 2 is 2.10 bits per heavy atom. The molecule has 1 fully saturated rings. The molecule has 1 amide bonds. The van der Waals surface area contributed by atoms with Crippen LogP contribution in [0, 0.1) is 5.92 Å². The van der Waals surface area contributed by atoms with Gasteiger partial charge in [0, 0.05) is 25.6 Å². The highest BCUT2D eigenvalue weighted by Gasteiger charge is 2.28. The van der Waals surface area contributed by atoms with Crippen LogP contribution < -0.4 is 0 Å². The molecule has 0 spiro atoms. The molecule has 0 unspecified atom stereocenters. The molecule has 3 rings (SSSR count). The average Bonchev–Trinajstić information content (AvgIpc) is 3.38. The van der Waals surface area contributed by atoms with Crippen LogP contribution in [0.2, 0.25) is 0 Å². The fraction of sp³-hybridized carbons (Fsp3) is 0.478. The summed E-state index contributed by atoms with van der Waals surface area (Å²) in [5.74, 6) is -0.291. The smallest absolute Gasteiger partial charge is 0.228 e. The number of amides is 1. The molecule has 7 nitrogen and oxygen atoms in total. The number of nitrogens with zero attached hydrogens (tertiary/aromatic N) is 3. The minimum absolute atomic E-state index is 0.000292. The lowest BCUT2D eigenvalue weighted by molar-refractivity contribution is -0.136. The van der Waals surface area contributed by atoms with E-state index in [0.717, 1.165) is 12.8 Å². The summed E-state index contributed by atoms with van der Waals surface area (Å²) in [4.78, 5) is 18.9. The third kappa shape index (κ3) is 5.83. The van der Waals surface area contributed by atoms with E-state index in [1.165, 1.54) is 0 Å². The summed E-state index contributed by atoms with van der Waals surface area (Å²) in [5.41, 5.74) is 1.37. The highest BCUT2D eigenvalue weighted by molar-refractivity contribution is 7.90. The van der Waals surface area contributed by atoms with Gasteiger partial charge in [-0.25, -0.2) is 13.4 Å². The van der Waals surface area contributed by atoms with Gasteiger partial charge >= 0.3 is 0 Å². The molecule has 0 saturated carbocycles. The Kier molecular flexibility index (Phi) is 7.67. The Morgan fingerprint density at radius 3 is 2.71 bits per heavy atom. The molecule has 1 aromatic heterocycles. The maximum absolute atomic E-state index is 13.1. The van der Waals surface area contributed by atoms with Gasteiger partial charge in [-0.05, 0) is 18.4 Å². The van der Waals surface area contributed by atoms with E-state index in [1.807, 2.05) is 32.0 Å². The molecule has 0 N–H and O–H groups in total. The van der Waals surface area contributed by atoms with Crippen LogP contribution in [0.3, 0.4) is 0 Å². The van der Waals surface area contributed by atoms with Crippen LogP contribution >= 0.6 is 0 Å². The van der Waals surface area contributed by atoms with Crippen LogP contribution in [-0.2, 0) is 38.2 Å². The van der Waals surface area contributed by atoms with Crippen LogP contribution in [0.25, 0.3) is 0 Å². The van der Waals surface area contributed by atoms with Gasteiger partial charge in [0.25, 0.3) is 0 Å². The highest BCUT2D eigenvalue weighted by atomic mass is 32.2. The van der Waals surface area contributed by atoms with Crippen molar-refractivity contribution in [1.82, 2.24) is 14.5 Å². The number of ether oxygens (including phenoxy) is 1. The van der Waals surface area contributed by atoms with E-state index in [-0.39, 0.29) is 35.4 Å². The van der Waals surface area contributed by atoms with Gasteiger partial charge in [0.05, 0.1) is 30.3 Å². The molecule has 8 heteroatoms. The maximum Gasteiger partial charge on any atom is 0.228 e. The molecule has 2 heterocycles. The quantitative estimate of drug-likeness (QED) is 0.525. The predicted octanol–water partition coefficient (Wildman–Crippen LogP) is 3.21. The largest absolute Gasteiger partial charge is 0.376 e. The van der Waals surface area contributed by atoms with Crippen molar-refractivity contribution >= 4 is 15.7 Å². The van der Waals surface area contributed by atoms with Gasteiger partial charge in [0.1, 0.15) is 0 Å². The number of sulfone groups is 1. The molecular weight excluding hydrogens is 414 g/mol. The van der Waals surface area contributed by atoms with Gasteiger partial charge in [-0.3, -0.25) is 4.79 Å². The topological polar surface area (TPSA) is 81.5 Å². The standard InChI is InChI=1S/C23H31N3O4S/c1-4-12-26-20(15-25(22(27)18(2)3)16-21-11-8-13-30-21)14-24-23(26)31(28,29)17-19-9-6-5-7-10-19/h4-7,9-10,14,18,21H,1,8,11-13,15-17H2,2-3H3/t21-/m0/s1. The number of imidazole rings is 1. The Hall–Kier alpha value is -2.45. The molecule has 2 aromatic rings. The molecule has 31 heavy (non-hydrogen) atoms. The highest BCUT2D eigenvalue weighted by Crippen LogP contribution is 2.21. The molecular formula is C23H31N3O4S. The van der Waals surface area contributed by atoms with Crippen LogP contribution in [0.4, 0.5) is 0 Å². The Bertz CT molecular complexity index is 993. The second-order valence-corrected chi connectivity index (χ2v) is 10.1. The number of benzene rings is 1. The summed E-state index contributed by atoms with van der Waals surface area (Å²) in [7, 11) is -3.66. The SMILES string of the molecule is C=CCn1c(CN(C[C@@H]2CCCO2)C(=O)C(C)C)cnc1S(=O)(=O)Cc1ccccc1. The normalized spacial score (nSPS) is 16.5. The van der Waals surface area contributed by atoms with Crippen molar-refractivity contribution < 1.29 is 17.9 Å². The lowest BCUT2D eigenvalue weighted by atomic mass is 10.1. The first-order valence-corrected chi connectivity index (χ1v) is 12.3. The first kappa shape index (κ1) is 23.2. The first-order valence-electron chi connectivity index (χ1n) is 10.6. The van der Waals surface area contributed by atoms with Gasteiger partial charge in [0.2, 0.25) is 20.9 Å². The summed E-state index contributed by atoms with van der Waals surface area (Å²) >= 11 is 0. The monoisotopic (exact) mass is 445 g/mol. The molecule has 0 aliphatic carbocycles. The third-order valence-corrected chi connectivity index (χ3v) is 6.89. The summed E-state index contributed by atoms with van der Waals surface area (Å²) < 4.78 is 33.6. The minimum atomic E-state index is -3.66. The molecule has 0 bridgehead atoms. The molecule has 1 aliphatic heterocycles. The van der Waals surface area contributed by atoms with E-state index < -0.39 is 9.84 Å². The molecule has 1 aromatic carbocycles. The Morgan fingerprint density at radius 1 is 1.35 bits per heavy atom. The van der Waals surface area contributed by atoms with E-state index in [1.54, 1.807) is 33.9 Å². The summed E-state index contributed by atoms with van der Waals surface area (Å²) in [6.07, 6.45) is 5.12. The van der Waals surface area contributed by atoms with Gasteiger partial charge in [0.15, 0.2) is 0 Å². The van der Waals surface area contributed by atoms with Crippen molar-refractivity contribution in [2.45, 2.75) is 56.8 Å². The lowest BCUT2D eigenvalue weighted by Gasteiger charge is -2.27. The van der Waals surface area contributed by atoms with E-state index in [0.29, 0.717) is 31.0 Å². The molecule has 1 atom stereocenters. The van der Waals surface area contributed by atoms with Crippen LogP contribution in [-0.4, -0.2) is 48.0 Å². The van der Waals surface area contributed by atoms with Gasteiger partial charge in [-0.2, -0.15) is 0 Å². The lowest BCUT2D eigenvalue weighted by Crippen LogP contribution is -2.39. The number of hydrogen-bond donors (Lipinski definition) is 0. The molecule has 168 valence electrons. The van der Waals surface area contributed by atoms with Crippen LogP contribution in [0.1, 0.15) is 37.9 Å². The van der Waals surface area contributed by atoms with Crippen LogP contribution in [0.15, 0.2) is 54.3 Å². The van der Waals surface area contributed by atoms with Crippen molar-refractivity contribution in [3.8, 4) is 0 Å². The summed E-state index contributed by atoms with van der Waals surface area (Å²) in [6.45, 7) is 9.26. The van der Waals surface area contributed by atoms with E-state index in [2.05, 4.69) is 11.6 Å². The Labute approximate surface area is 184 Å². The predicted molar refractivity (Wildman–Crippen MR) is 119 cm³/mol. The molecule has 1 saturated heterocycles. The maximum atomic E-state index is 13.1. The van der Waals surface area contributed by atoms with E-state index >= 15 is 0 Å². The second-order valence-electron chi connectivity index (χ2n) is 8.18. The van der Waals surface area contributed by atoms with Crippen molar-refractivity contribution in [2.75, 3.05) is 13.2 Å². The average molecular weight is 446 g/mol. The third-order valence-electron chi connectivity index (χ3n) is 5.30. The van der Waals surface area contributed by atoms with Crippen molar-refractivity contribution in [3.05, 3.63) is 60.4 Å². The van der Waals surface area contributed by atoms with Gasteiger partial charge in [-0.15, -0.1) is 6.58 Å². The summed E-state index contributed by atoms with van der Waals surface area (Å²) in [5, 5.41) is 0.000292. The van der Waals surface area contributed by atoms with Crippen molar-refractivity contribution in [3.63, 3.8) is 0 Å². The molecule has 1 aliphatic rings. The number of aromatic nitrogens is 2. The van der Waals surface area contributed by atoms with E-state index in [9.17, 15) is 13.2 Å². The number of carbonyl (C=O) groups is 1. The zero-order chi connectivity index (χ0) is 22.4. The van der Waals surface area contributed by atoms with E-state index in [4.69, 9.17) is 4.74 Å². The van der Waals surface area contributed by atoms with Crippen LogP contribution in [0.5, 0.6) is 0 Å². The fourth-order valence-corrected chi connectivity index (χ4v) is 5.28. The number of hydrogen-bond acceptors (Lipinski definition) is 5. The van der Waals surface area contributed by atoms with Crippen molar-refractivity contribution in [2.24, 2.45) is 5.92 Å². The van der Waals surface area contributed by atoms with Gasteiger partial charge in [-0.1, -0.05) is 50.3 Å². The number of rotatable bonds is 10. The summed E-state index contributed by atoms with van der Waals surface area (Å²) in [6, 6.07) is 9.04. The second kappa shape index (κ2) is 10.2. The zero-order valence-electron chi connectivity index (χ0n) is 18.2. The molecule has 0 radical (unpaired) electrons. The Balaban J connectivity index is 1.88. The minimum Gasteiger partial charge on any atom is -0.376 e. The van der Waals surface area contributed by atoms with Crippen molar-refractivity contribution in [1.29, 1.82) is 0 Å². The van der Waals surface area contributed by atoms with Gasteiger partial charge < -0.3 is 14.2 Å². The number of carbonyl (C=O) groups excluding carboxylic acids is 1. The fourth-order valence-electron chi connectivity index (χ4n) is 3.78.